The summed E-state index contributed by atoms with van der Waals surface area (Å²) < 4.78 is 0. The van der Waals surface area contributed by atoms with E-state index in [0.29, 0.717) is 0 Å². The maximum absolute atomic E-state index is 4.95. The van der Waals surface area contributed by atoms with Crippen LogP contribution in [0.5, 0.6) is 0 Å². The smallest absolute Gasteiger partial charge is 0.199 e. The zero-order chi connectivity index (χ0) is 16.5. The lowest BCUT2D eigenvalue weighted by Crippen LogP contribution is -2.42. The predicted octanol–water partition coefficient (Wildman–Crippen LogP) is 4.12. The number of nitrogens with zero attached hydrogens (tertiary/aromatic N) is 4. The Balaban J connectivity index is 1.86. The van der Waals surface area contributed by atoms with Gasteiger partial charge in [-0.3, -0.25) is 5.43 Å². The van der Waals surface area contributed by atoms with E-state index < -0.39 is 0 Å². The van der Waals surface area contributed by atoms with Gasteiger partial charge >= 0.3 is 0 Å². The maximum atomic E-state index is 4.95. The monoisotopic (exact) mass is 318 g/mol. The van der Waals surface area contributed by atoms with Gasteiger partial charge in [0.2, 0.25) is 0 Å². The van der Waals surface area contributed by atoms with Gasteiger partial charge in [0.1, 0.15) is 0 Å². The molecule has 1 heterocycles. The third kappa shape index (κ3) is 2.58. The first-order chi connectivity index (χ1) is 11.7. The van der Waals surface area contributed by atoms with Crippen LogP contribution in [0, 0.1) is 13.8 Å². The van der Waals surface area contributed by atoms with Crippen molar-refractivity contribution in [3.63, 3.8) is 0 Å². The lowest BCUT2D eigenvalue weighted by molar-refractivity contribution is -0.708. The molecule has 4 heteroatoms. The zero-order valence-electron chi connectivity index (χ0n) is 14.2. The molecule has 0 saturated carbocycles. The molecule has 24 heavy (non-hydrogen) atoms. The molecule has 3 aromatic rings. The Labute approximate surface area is 142 Å². The molecule has 2 aromatic carbocycles. The van der Waals surface area contributed by atoms with Gasteiger partial charge in [0.05, 0.1) is 0 Å². The Morgan fingerprint density at radius 1 is 0.917 bits per heavy atom. The molecule has 4 nitrogen and oxygen atoms in total. The number of hydrogen-bond donors (Lipinski definition) is 0. The molecule has 0 spiro atoms. The minimum atomic E-state index is 0.991. The molecule has 0 radical (unpaired) electrons. The van der Waals surface area contributed by atoms with Crippen LogP contribution in [-0.2, 0) is 12.8 Å². The number of aromatic nitrogens is 3. The van der Waals surface area contributed by atoms with Gasteiger partial charge < -0.3 is 0 Å². The summed E-state index contributed by atoms with van der Waals surface area (Å²) in [4.78, 5) is 3.98. The van der Waals surface area contributed by atoms with Crippen molar-refractivity contribution >= 4 is 5.69 Å². The van der Waals surface area contributed by atoms with E-state index in [1.165, 1.54) is 35.4 Å². The van der Waals surface area contributed by atoms with E-state index in [0.717, 1.165) is 24.2 Å². The molecule has 4 rings (SSSR count). The molecule has 0 saturated heterocycles. The van der Waals surface area contributed by atoms with Gasteiger partial charge in [-0.1, -0.05) is 48.5 Å². The van der Waals surface area contributed by atoms with Gasteiger partial charge in [-0.15, -0.1) is 4.80 Å². The largest absolute Gasteiger partial charge is 0.271 e. The van der Waals surface area contributed by atoms with Crippen molar-refractivity contribution < 1.29 is 4.79 Å². The van der Waals surface area contributed by atoms with E-state index >= 15 is 0 Å². The summed E-state index contributed by atoms with van der Waals surface area (Å²) in [5, 5.41) is 4.89. The number of hydrogen-bond acceptors (Lipinski definition) is 1. The zero-order valence-corrected chi connectivity index (χ0v) is 14.2. The van der Waals surface area contributed by atoms with Crippen LogP contribution in [-0.4, -0.2) is 9.90 Å². The molecule has 0 bridgehead atoms. The molecule has 0 aliphatic heterocycles. The van der Waals surface area contributed by atoms with Gasteiger partial charge in [-0.2, -0.15) is 4.79 Å². The van der Waals surface area contributed by atoms with Crippen LogP contribution in [0.3, 0.4) is 0 Å². The first-order valence-electron chi connectivity index (χ1n) is 8.61. The SMILES string of the molecule is Cc1ccccc1[N-][n+]1c2c(nn1-c1ccccc1C)CCCC2. The molecule has 0 fully saturated rings. The Bertz CT molecular complexity index is 879. The molecule has 0 atom stereocenters. The minimum absolute atomic E-state index is 0.991. The fourth-order valence-electron chi connectivity index (χ4n) is 3.29. The normalized spacial score (nSPS) is 13.6. The van der Waals surface area contributed by atoms with Crippen LogP contribution in [0.15, 0.2) is 48.5 Å². The van der Waals surface area contributed by atoms with Gasteiger partial charge in [-0.05, 0) is 48.6 Å². The molecule has 1 aliphatic rings. The van der Waals surface area contributed by atoms with Crippen LogP contribution in [0.2, 0.25) is 0 Å². The van der Waals surface area contributed by atoms with E-state index in [2.05, 4.69) is 50.2 Å². The van der Waals surface area contributed by atoms with Gasteiger partial charge in [0.15, 0.2) is 11.4 Å². The summed E-state index contributed by atoms with van der Waals surface area (Å²) >= 11 is 0. The maximum Gasteiger partial charge on any atom is 0.199 e. The van der Waals surface area contributed by atoms with Gasteiger partial charge in [0, 0.05) is 18.5 Å². The average molecular weight is 318 g/mol. The van der Waals surface area contributed by atoms with Crippen LogP contribution in [0.4, 0.5) is 5.69 Å². The molecule has 0 amide bonds. The second kappa shape index (κ2) is 6.11. The number of fused-ring (bicyclic) bond motifs is 1. The van der Waals surface area contributed by atoms with Crippen molar-refractivity contribution in [2.45, 2.75) is 39.5 Å². The molecule has 0 N–H and O–H groups in total. The van der Waals surface area contributed by atoms with Crippen molar-refractivity contribution in [1.82, 2.24) is 9.90 Å². The highest BCUT2D eigenvalue weighted by Gasteiger charge is 2.25. The lowest BCUT2D eigenvalue weighted by atomic mass is 10.0. The molecular weight excluding hydrogens is 296 g/mol. The molecule has 122 valence electrons. The molecule has 1 aromatic heterocycles. The summed E-state index contributed by atoms with van der Waals surface area (Å²) in [6.07, 6.45) is 4.49. The summed E-state index contributed by atoms with van der Waals surface area (Å²) in [7, 11) is 0. The predicted molar refractivity (Wildman–Crippen MR) is 94.7 cm³/mol. The average Bonchev–Trinajstić information content (AvgIpc) is 2.96. The van der Waals surface area contributed by atoms with Crippen molar-refractivity contribution in [3.05, 3.63) is 76.5 Å². The topological polar surface area (TPSA) is 35.8 Å². The van der Waals surface area contributed by atoms with E-state index in [4.69, 9.17) is 10.5 Å². The highest BCUT2D eigenvalue weighted by Crippen LogP contribution is 2.24. The van der Waals surface area contributed by atoms with E-state index in [9.17, 15) is 0 Å². The fraction of sp³-hybridized carbons (Fsp3) is 0.300. The Kier molecular flexibility index (Phi) is 3.81. The number of aryl methyl sites for hydroxylation is 3. The Hall–Kier alpha value is -2.62. The molecule has 1 aliphatic carbocycles. The Morgan fingerprint density at radius 2 is 1.62 bits per heavy atom. The number of rotatable bonds is 3. The summed E-state index contributed by atoms with van der Waals surface area (Å²) in [6, 6.07) is 16.6. The quantitative estimate of drug-likeness (QED) is 0.669. The number of benzene rings is 2. The van der Waals surface area contributed by atoms with Crippen molar-refractivity contribution in [1.29, 1.82) is 0 Å². The van der Waals surface area contributed by atoms with Crippen molar-refractivity contribution in [3.8, 4) is 5.69 Å². The minimum Gasteiger partial charge on any atom is -0.271 e. The van der Waals surface area contributed by atoms with Crippen molar-refractivity contribution in [2.24, 2.45) is 0 Å². The number of para-hydroxylation sites is 1. The van der Waals surface area contributed by atoms with Crippen LogP contribution in [0.1, 0.15) is 35.4 Å². The van der Waals surface area contributed by atoms with Crippen molar-refractivity contribution in [2.75, 3.05) is 0 Å². The fourth-order valence-corrected chi connectivity index (χ4v) is 3.29. The third-order valence-electron chi connectivity index (χ3n) is 4.70. The highest BCUT2D eigenvalue weighted by molar-refractivity contribution is 5.52. The van der Waals surface area contributed by atoms with Gasteiger partial charge in [-0.25, -0.2) is 0 Å². The van der Waals surface area contributed by atoms with E-state index in [1.54, 1.807) is 0 Å². The van der Waals surface area contributed by atoms with Crippen LogP contribution >= 0.6 is 0 Å². The first-order valence-corrected chi connectivity index (χ1v) is 8.61. The van der Waals surface area contributed by atoms with E-state index in [1.807, 2.05) is 21.7 Å². The van der Waals surface area contributed by atoms with Crippen LogP contribution < -0.4 is 4.79 Å². The standard InChI is InChI=1S/C20H22N4/c1-15-9-3-5-11-17(15)21-24-20-14-8-6-12-18(20)22-23(24)19-13-7-4-10-16(19)2/h3-5,7,9-11,13H,6,8,12,14H2,1-2H3. The molecular formula is C20H22N4. The second-order valence-electron chi connectivity index (χ2n) is 6.45. The Morgan fingerprint density at radius 3 is 2.42 bits per heavy atom. The molecule has 0 unspecified atom stereocenters. The lowest BCUT2D eigenvalue weighted by Gasteiger charge is -2.19. The second-order valence-corrected chi connectivity index (χ2v) is 6.45. The summed E-state index contributed by atoms with van der Waals surface area (Å²) in [6.45, 7) is 4.22. The highest BCUT2D eigenvalue weighted by atomic mass is 15.7. The van der Waals surface area contributed by atoms with Crippen LogP contribution in [0.25, 0.3) is 11.1 Å². The van der Waals surface area contributed by atoms with E-state index in [-0.39, 0.29) is 0 Å². The first kappa shape index (κ1) is 14.9. The summed E-state index contributed by atoms with van der Waals surface area (Å²) in [5.41, 5.74) is 11.8. The summed E-state index contributed by atoms with van der Waals surface area (Å²) in [5.74, 6) is 0. The van der Waals surface area contributed by atoms with Gasteiger partial charge in [0.25, 0.3) is 0 Å². The third-order valence-corrected chi connectivity index (χ3v) is 4.70.